The Morgan fingerprint density at radius 1 is 1.75 bits per heavy atom. The Bertz CT molecular complexity index is 291. The molecule has 0 aromatic rings. The molecule has 0 bridgehead atoms. The summed E-state index contributed by atoms with van der Waals surface area (Å²) in [5.41, 5.74) is 0.564. The number of hydrogen-bond donors (Lipinski definition) is 0. The molecule has 0 spiro atoms. The van der Waals surface area contributed by atoms with E-state index in [2.05, 4.69) is 27.3 Å². The lowest BCUT2D eigenvalue weighted by Gasteiger charge is -2.09. The first-order valence-corrected chi connectivity index (χ1v) is 4.83. The highest BCUT2D eigenvalue weighted by atomic mass is 127. The first-order valence-electron chi connectivity index (χ1n) is 3.34. The van der Waals surface area contributed by atoms with Crippen molar-refractivity contribution in [1.82, 2.24) is 0 Å². The van der Waals surface area contributed by atoms with E-state index in [1.807, 2.05) is 6.08 Å². The molecule has 2 nitrogen and oxygen atoms in total. The molecular formula is C8H7IO2S. The van der Waals surface area contributed by atoms with Crippen molar-refractivity contribution >= 4 is 45.6 Å². The molecule has 4 heteroatoms. The Hall–Kier alpha value is -0.230. The first-order chi connectivity index (χ1) is 5.66. The van der Waals surface area contributed by atoms with E-state index in [1.54, 1.807) is 6.08 Å². The molecule has 0 heterocycles. The molecule has 0 saturated heterocycles. The van der Waals surface area contributed by atoms with Crippen LogP contribution < -0.4 is 0 Å². The lowest BCUT2D eigenvalue weighted by Crippen LogP contribution is -2.10. The van der Waals surface area contributed by atoms with Crippen molar-refractivity contribution < 1.29 is 9.53 Å². The Morgan fingerprint density at radius 3 is 3.00 bits per heavy atom. The van der Waals surface area contributed by atoms with E-state index >= 15 is 0 Å². The number of thiocarbonyl (C=S) groups is 1. The lowest BCUT2D eigenvalue weighted by atomic mass is 10.1. The third-order valence-corrected chi connectivity index (χ3v) is 3.44. The van der Waals surface area contributed by atoms with Crippen molar-refractivity contribution in [3.8, 4) is 0 Å². The number of rotatable bonds is 1. The van der Waals surface area contributed by atoms with E-state index in [4.69, 9.17) is 12.2 Å². The van der Waals surface area contributed by atoms with Crippen LogP contribution in [0.15, 0.2) is 21.3 Å². The summed E-state index contributed by atoms with van der Waals surface area (Å²) in [6.07, 6.45) is 4.37. The third-order valence-electron chi connectivity index (χ3n) is 1.47. The number of allylic oxidation sites excluding steroid dienone is 2. The van der Waals surface area contributed by atoms with Gasteiger partial charge in [0.05, 0.1) is 12.7 Å². The minimum Gasteiger partial charge on any atom is -0.465 e. The van der Waals surface area contributed by atoms with E-state index in [0.29, 0.717) is 5.57 Å². The maximum Gasteiger partial charge on any atom is 0.338 e. The van der Waals surface area contributed by atoms with E-state index in [0.717, 1.165) is 14.9 Å². The van der Waals surface area contributed by atoms with Crippen LogP contribution in [0.25, 0.3) is 0 Å². The zero-order valence-corrected chi connectivity index (χ0v) is 9.44. The first kappa shape index (κ1) is 9.85. The van der Waals surface area contributed by atoms with Crippen LogP contribution in [-0.2, 0) is 9.53 Å². The second kappa shape index (κ2) is 4.13. The predicted octanol–water partition coefficient (Wildman–Crippen LogP) is 2.18. The van der Waals surface area contributed by atoms with Crippen LogP contribution in [0.3, 0.4) is 0 Å². The third kappa shape index (κ3) is 1.92. The standard InChI is InChI=1S/C8H7IO2S/c1-11-8(10)5-3-2-4-6(12)7(5)9/h2-3H,4H2,1H3. The molecule has 0 aromatic carbocycles. The molecule has 64 valence electrons. The Balaban J connectivity index is 3.01. The number of ether oxygens (including phenoxy) is 1. The molecule has 0 atom stereocenters. The summed E-state index contributed by atoms with van der Waals surface area (Å²) in [7, 11) is 1.37. The maximum absolute atomic E-state index is 11.1. The molecule has 0 aliphatic heterocycles. The SMILES string of the molecule is COC(=O)C1=C(I)C(=S)CC=C1. The van der Waals surface area contributed by atoms with Gasteiger partial charge in [-0.2, -0.15) is 0 Å². The Morgan fingerprint density at radius 2 is 2.42 bits per heavy atom. The molecule has 0 saturated carbocycles. The van der Waals surface area contributed by atoms with Gasteiger partial charge in [-0.1, -0.05) is 24.4 Å². The number of halogens is 1. The van der Waals surface area contributed by atoms with Gasteiger partial charge in [-0.15, -0.1) is 0 Å². The molecule has 0 N–H and O–H groups in total. The molecular weight excluding hydrogens is 287 g/mol. The van der Waals surface area contributed by atoms with Crippen molar-refractivity contribution in [3.05, 3.63) is 21.3 Å². The summed E-state index contributed by atoms with van der Waals surface area (Å²) in [5, 5.41) is 0. The molecule has 12 heavy (non-hydrogen) atoms. The van der Waals surface area contributed by atoms with Gasteiger partial charge in [0.15, 0.2) is 0 Å². The number of esters is 1. The molecule has 0 amide bonds. The van der Waals surface area contributed by atoms with Crippen LogP contribution in [0.4, 0.5) is 0 Å². The van der Waals surface area contributed by atoms with E-state index < -0.39 is 0 Å². The van der Waals surface area contributed by atoms with Crippen LogP contribution in [0.1, 0.15) is 6.42 Å². The molecule has 1 aliphatic carbocycles. The van der Waals surface area contributed by atoms with Gasteiger partial charge in [0.1, 0.15) is 0 Å². The molecule has 0 fully saturated rings. The molecule has 1 rings (SSSR count). The molecule has 1 aliphatic rings. The van der Waals surface area contributed by atoms with Gasteiger partial charge in [-0.25, -0.2) is 4.79 Å². The van der Waals surface area contributed by atoms with Crippen molar-refractivity contribution in [2.45, 2.75) is 6.42 Å². The highest BCUT2D eigenvalue weighted by Gasteiger charge is 2.16. The summed E-state index contributed by atoms with van der Waals surface area (Å²) < 4.78 is 5.43. The van der Waals surface area contributed by atoms with Gasteiger partial charge in [0.25, 0.3) is 0 Å². The van der Waals surface area contributed by atoms with E-state index in [-0.39, 0.29) is 5.97 Å². The summed E-state index contributed by atoms with van der Waals surface area (Å²) in [4.78, 5) is 11.9. The zero-order chi connectivity index (χ0) is 9.14. The number of methoxy groups -OCH3 is 1. The van der Waals surface area contributed by atoms with Crippen molar-refractivity contribution in [2.24, 2.45) is 0 Å². The van der Waals surface area contributed by atoms with Crippen LogP contribution in [0.5, 0.6) is 0 Å². The van der Waals surface area contributed by atoms with Gasteiger partial charge in [0, 0.05) is 14.9 Å². The molecule has 0 aromatic heterocycles. The van der Waals surface area contributed by atoms with E-state index in [1.165, 1.54) is 7.11 Å². The van der Waals surface area contributed by atoms with Crippen molar-refractivity contribution in [1.29, 1.82) is 0 Å². The normalized spacial score (nSPS) is 16.7. The van der Waals surface area contributed by atoms with Crippen molar-refractivity contribution in [3.63, 3.8) is 0 Å². The van der Waals surface area contributed by atoms with Gasteiger partial charge in [0.2, 0.25) is 0 Å². The highest BCUT2D eigenvalue weighted by Crippen LogP contribution is 2.23. The highest BCUT2D eigenvalue weighted by molar-refractivity contribution is 14.1. The summed E-state index contributed by atoms with van der Waals surface area (Å²) in [6, 6.07) is 0. The van der Waals surface area contributed by atoms with Gasteiger partial charge in [-0.3, -0.25) is 0 Å². The summed E-state index contributed by atoms with van der Waals surface area (Å²) in [6.45, 7) is 0. The minimum atomic E-state index is -0.322. The Kier molecular flexibility index (Phi) is 3.39. The average Bonchev–Trinajstić information content (AvgIpc) is 2.08. The quantitative estimate of drug-likeness (QED) is 0.421. The van der Waals surface area contributed by atoms with Crippen LogP contribution in [0.2, 0.25) is 0 Å². The fourth-order valence-corrected chi connectivity index (χ4v) is 1.69. The van der Waals surface area contributed by atoms with E-state index in [9.17, 15) is 4.79 Å². The molecule has 0 radical (unpaired) electrons. The van der Waals surface area contributed by atoms with Crippen LogP contribution in [0, 0.1) is 0 Å². The fraction of sp³-hybridized carbons (Fsp3) is 0.250. The second-order valence-electron chi connectivity index (χ2n) is 2.25. The molecule has 0 unspecified atom stereocenters. The predicted molar refractivity (Wildman–Crippen MR) is 59.4 cm³/mol. The van der Waals surface area contributed by atoms with Gasteiger partial charge < -0.3 is 4.74 Å². The topological polar surface area (TPSA) is 26.3 Å². The second-order valence-corrected chi connectivity index (χ2v) is 3.82. The van der Waals surface area contributed by atoms with Crippen LogP contribution in [-0.4, -0.2) is 17.9 Å². The largest absolute Gasteiger partial charge is 0.465 e. The zero-order valence-electron chi connectivity index (χ0n) is 6.46. The maximum atomic E-state index is 11.1. The van der Waals surface area contributed by atoms with Gasteiger partial charge >= 0.3 is 5.97 Å². The lowest BCUT2D eigenvalue weighted by molar-refractivity contribution is -0.135. The smallest absolute Gasteiger partial charge is 0.338 e. The average molecular weight is 294 g/mol. The fourth-order valence-electron chi connectivity index (χ4n) is 0.864. The number of carbonyl (C=O) groups is 1. The number of hydrogen-bond acceptors (Lipinski definition) is 3. The van der Waals surface area contributed by atoms with Crippen LogP contribution >= 0.6 is 34.8 Å². The van der Waals surface area contributed by atoms with Gasteiger partial charge in [-0.05, 0) is 22.6 Å². The summed E-state index contributed by atoms with van der Waals surface area (Å²) >= 11 is 7.12. The minimum absolute atomic E-state index is 0.322. The Labute approximate surface area is 89.8 Å². The summed E-state index contributed by atoms with van der Waals surface area (Å²) in [5.74, 6) is -0.322. The number of carbonyl (C=O) groups excluding carboxylic acids is 1. The monoisotopic (exact) mass is 294 g/mol. The van der Waals surface area contributed by atoms with Crippen molar-refractivity contribution in [2.75, 3.05) is 7.11 Å².